The van der Waals surface area contributed by atoms with E-state index in [1.165, 1.54) is 0 Å². The Balaban J connectivity index is 2.20. The van der Waals surface area contributed by atoms with Crippen molar-refractivity contribution < 1.29 is 9.31 Å². The van der Waals surface area contributed by atoms with Crippen molar-refractivity contribution in [2.24, 2.45) is 7.05 Å². The Hall–Kier alpha value is -1.58. The molecule has 0 atom stereocenters. The molecule has 4 heteroatoms. The molecule has 0 spiro atoms. The van der Waals surface area contributed by atoms with Crippen molar-refractivity contribution in [3.63, 3.8) is 0 Å². The first-order valence-corrected chi connectivity index (χ1v) is 4.00. The lowest BCUT2D eigenvalue weighted by atomic mass is 9.82. The summed E-state index contributed by atoms with van der Waals surface area (Å²) in [4.78, 5) is 0. The van der Waals surface area contributed by atoms with Crippen LogP contribution in [0.5, 0.6) is 0 Å². The van der Waals surface area contributed by atoms with Gasteiger partial charge in [-0.2, -0.15) is 0 Å². The van der Waals surface area contributed by atoms with Crippen LogP contribution >= 0.6 is 0 Å². The van der Waals surface area contributed by atoms with E-state index >= 15 is 0 Å². The maximum atomic E-state index is 5.34. The minimum absolute atomic E-state index is 0.374. The molecule has 2 rings (SSSR count). The number of rotatable bonds is 1. The fraction of sp³-hybridized carbons (Fsp3) is 0.111. The van der Waals surface area contributed by atoms with Gasteiger partial charge in [0.15, 0.2) is 0 Å². The molecule has 0 aromatic carbocycles. The maximum Gasteiger partial charge on any atom is 0.634 e. The van der Waals surface area contributed by atoms with Crippen molar-refractivity contribution in [2.45, 2.75) is 0 Å². The Bertz CT molecular complexity index is 353. The van der Waals surface area contributed by atoms with Crippen molar-refractivity contribution in [3.8, 4) is 0 Å². The van der Waals surface area contributed by atoms with Crippen molar-refractivity contribution in [3.05, 3.63) is 43.1 Å². The van der Waals surface area contributed by atoms with Gasteiger partial charge in [0.1, 0.15) is 11.5 Å². The van der Waals surface area contributed by atoms with E-state index in [9.17, 15) is 0 Å². The number of nitrogens with zero attached hydrogens (tertiary/aromatic N) is 1. The lowest BCUT2D eigenvalue weighted by Gasteiger charge is -1.99. The topological polar surface area (TPSA) is 23.4 Å². The smallest absolute Gasteiger partial charge is 0.520 e. The van der Waals surface area contributed by atoms with Crippen molar-refractivity contribution in [2.75, 3.05) is 0 Å². The van der Waals surface area contributed by atoms with E-state index in [1.807, 2.05) is 30.1 Å². The fourth-order valence-electron chi connectivity index (χ4n) is 1.21. The highest BCUT2D eigenvalue weighted by Gasteiger charge is 2.34. The molecule has 0 aliphatic carbocycles. The van der Waals surface area contributed by atoms with Crippen molar-refractivity contribution in [1.29, 1.82) is 0 Å². The molecule has 0 unspecified atom stereocenters. The lowest BCUT2D eigenvalue weighted by molar-refractivity contribution is 0.431. The average molecular weight is 175 g/mol. The van der Waals surface area contributed by atoms with Crippen LogP contribution in [0.2, 0.25) is 0 Å². The summed E-state index contributed by atoms with van der Waals surface area (Å²) >= 11 is 0. The second-order valence-electron chi connectivity index (χ2n) is 3.02. The molecule has 0 saturated carbocycles. The first kappa shape index (κ1) is 8.04. The first-order chi connectivity index (χ1) is 6.16. The molecule has 1 aliphatic rings. The number of hydrogen-bond acceptors (Lipinski definition) is 2. The summed E-state index contributed by atoms with van der Waals surface area (Å²) in [5.74, 6) is 1.02. The first-order valence-electron chi connectivity index (χ1n) is 4.00. The SMILES string of the molecule is C=C1OB(c2ccn(C)c2)OC1=C. The summed E-state index contributed by atoms with van der Waals surface area (Å²) in [6.45, 7) is 7.33. The van der Waals surface area contributed by atoms with Gasteiger partial charge in [-0.15, -0.1) is 0 Å². The summed E-state index contributed by atoms with van der Waals surface area (Å²) in [5.41, 5.74) is 0.974. The third kappa shape index (κ3) is 1.35. The molecule has 1 aromatic rings. The molecule has 1 saturated heterocycles. The molecule has 0 N–H and O–H groups in total. The Morgan fingerprint density at radius 2 is 1.92 bits per heavy atom. The van der Waals surface area contributed by atoms with Crippen LogP contribution < -0.4 is 5.46 Å². The van der Waals surface area contributed by atoms with Crippen LogP contribution in [0.1, 0.15) is 0 Å². The fourth-order valence-corrected chi connectivity index (χ4v) is 1.21. The van der Waals surface area contributed by atoms with Gasteiger partial charge < -0.3 is 13.9 Å². The summed E-state index contributed by atoms with van der Waals surface area (Å²) in [5, 5.41) is 0. The molecular formula is C9H10BNO2. The third-order valence-corrected chi connectivity index (χ3v) is 1.94. The second kappa shape index (κ2) is 2.73. The maximum absolute atomic E-state index is 5.34. The van der Waals surface area contributed by atoms with Gasteiger partial charge in [-0.3, -0.25) is 0 Å². The third-order valence-electron chi connectivity index (χ3n) is 1.94. The number of hydrogen-bond donors (Lipinski definition) is 0. The van der Waals surface area contributed by atoms with E-state index in [0.717, 1.165) is 5.46 Å². The van der Waals surface area contributed by atoms with Crippen LogP contribution in [0.25, 0.3) is 0 Å². The minimum atomic E-state index is -0.374. The van der Waals surface area contributed by atoms with Gasteiger partial charge in [-0.1, -0.05) is 13.2 Å². The van der Waals surface area contributed by atoms with E-state index in [-0.39, 0.29) is 7.12 Å². The van der Waals surface area contributed by atoms with Crippen LogP contribution in [0.4, 0.5) is 0 Å². The number of aryl methyl sites for hydroxylation is 1. The molecule has 66 valence electrons. The zero-order valence-corrected chi connectivity index (χ0v) is 7.49. The predicted molar refractivity (Wildman–Crippen MR) is 51.3 cm³/mol. The molecule has 2 heterocycles. The van der Waals surface area contributed by atoms with E-state index in [4.69, 9.17) is 9.31 Å². The van der Waals surface area contributed by atoms with Gasteiger partial charge in [-0.05, 0) is 6.07 Å². The highest BCUT2D eigenvalue weighted by Crippen LogP contribution is 2.19. The Kier molecular flexibility index (Phi) is 1.69. The van der Waals surface area contributed by atoms with Gasteiger partial charge in [0.25, 0.3) is 0 Å². The van der Waals surface area contributed by atoms with Crippen LogP contribution in [-0.2, 0) is 16.4 Å². The van der Waals surface area contributed by atoms with E-state index in [1.54, 1.807) is 0 Å². The molecule has 3 nitrogen and oxygen atoms in total. The van der Waals surface area contributed by atoms with Crippen LogP contribution in [0.3, 0.4) is 0 Å². The molecular weight excluding hydrogens is 165 g/mol. The van der Waals surface area contributed by atoms with E-state index < -0.39 is 0 Å². The second-order valence-corrected chi connectivity index (χ2v) is 3.02. The normalized spacial score (nSPS) is 15.9. The Labute approximate surface area is 77.4 Å². The van der Waals surface area contributed by atoms with Crippen LogP contribution in [-0.4, -0.2) is 11.7 Å². The summed E-state index contributed by atoms with van der Waals surface area (Å²) in [6.07, 6.45) is 3.88. The highest BCUT2D eigenvalue weighted by atomic mass is 16.6. The molecule has 1 aliphatic heterocycles. The summed E-state index contributed by atoms with van der Waals surface area (Å²) in [7, 11) is 1.57. The van der Waals surface area contributed by atoms with E-state index in [2.05, 4.69) is 13.2 Å². The highest BCUT2D eigenvalue weighted by molar-refractivity contribution is 6.62. The lowest BCUT2D eigenvalue weighted by Crippen LogP contribution is -2.30. The molecule has 0 amide bonds. The Morgan fingerprint density at radius 1 is 1.31 bits per heavy atom. The zero-order chi connectivity index (χ0) is 9.42. The van der Waals surface area contributed by atoms with Gasteiger partial charge in [0, 0.05) is 24.9 Å². The molecule has 13 heavy (non-hydrogen) atoms. The van der Waals surface area contributed by atoms with E-state index in [0.29, 0.717) is 11.5 Å². The zero-order valence-electron chi connectivity index (χ0n) is 7.49. The van der Waals surface area contributed by atoms with Crippen molar-refractivity contribution >= 4 is 12.6 Å². The standard InChI is InChI=1S/C9H10BNO2/c1-7-8(2)13-10(12-7)9-4-5-11(3)6-9/h4-6H,1-2H2,3H3. The summed E-state index contributed by atoms with van der Waals surface area (Å²) in [6, 6.07) is 1.94. The molecule has 0 bridgehead atoms. The van der Waals surface area contributed by atoms with Gasteiger partial charge in [-0.25, -0.2) is 0 Å². The molecule has 1 aromatic heterocycles. The van der Waals surface area contributed by atoms with Gasteiger partial charge in [0.2, 0.25) is 0 Å². The van der Waals surface area contributed by atoms with Crippen LogP contribution in [0, 0.1) is 0 Å². The number of aromatic nitrogens is 1. The average Bonchev–Trinajstić information content (AvgIpc) is 2.61. The monoisotopic (exact) mass is 175 g/mol. The van der Waals surface area contributed by atoms with Crippen LogP contribution in [0.15, 0.2) is 43.1 Å². The minimum Gasteiger partial charge on any atom is -0.520 e. The quantitative estimate of drug-likeness (QED) is 0.589. The Morgan fingerprint density at radius 3 is 2.38 bits per heavy atom. The van der Waals surface area contributed by atoms with Gasteiger partial charge in [0.05, 0.1) is 0 Å². The van der Waals surface area contributed by atoms with Gasteiger partial charge >= 0.3 is 7.12 Å². The van der Waals surface area contributed by atoms with Crippen molar-refractivity contribution in [1.82, 2.24) is 4.57 Å². The molecule has 0 radical (unpaired) electrons. The predicted octanol–water partition coefficient (Wildman–Crippen LogP) is 0.794. The summed E-state index contributed by atoms with van der Waals surface area (Å²) < 4.78 is 12.6. The molecule has 1 fully saturated rings. The largest absolute Gasteiger partial charge is 0.634 e.